The lowest BCUT2D eigenvalue weighted by Gasteiger charge is -2.28. The molecule has 220 valence electrons. The number of halogens is 3. The van der Waals surface area contributed by atoms with Gasteiger partial charge in [-0.3, -0.25) is 4.79 Å². The molecule has 5 aromatic rings. The fourth-order valence-corrected chi connectivity index (χ4v) is 5.38. The van der Waals surface area contributed by atoms with E-state index in [9.17, 15) is 23.1 Å². The molecule has 2 atom stereocenters. The molecule has 1 amide bonds. The second-order valence-electron chi connectivity index (χ2n) is 10.8. The first-order chi connectivity index (χ1) is 20.7. The summed E-state index contributed by atoms with van der Waals surface area (Å²) in [6.45, 7) is -0.0227. The molecule has 10 heteroatoms. The van der Waals surface area contributed by atoms with E-state index in [4.69, 9.17) is 4.74 Å². The molecule has 7 nitrogen and oxygen atoms in total. The molecule has 0 spiro atoms. The first-order valence-electron chi connectivity index (χ1n) is 13.8. The Balaban J connectivity index is 1.26. The smallest absolute Gasteiger partial charge is 0.254 e. The average molecular weight is 587 g/mol. The van der Waals surface area contributed by atoms with E-state index in [0.717, 1.165) is 35.9 Å². The number of aromatic amines is 1. The fourth-order valence-electron chi connectivity index (χ4n) is 5.38. The normalized spacial score (nSPS) is 15.2. The third-order valence-corrected chi connectivity index (χ3v) is 7.88. The standard InChI is InChI=1S/C33H29F3N4O3/c1-43-26-4-2-3-23(15-26)33(8-9-33)39-18-29(41)30(21-12-24(34)16-25(35)13-21)40-32(42)27-14-19(5-6-28(27)36)22-11-20-7-10-37-31(20)38-17-22/h2-7,10-17,29-30,39,41H,8-9,18H2,1H3,(H,37,38)(H,40,42)/t29-,30+/m1/s1. The van der Waals surface area contributed by atoms with Crippen molar-refractivity contribution < 1.29 is 27.8 Å². The van der Waals surface area contributed by atoms with Gasteiger partial charge in [0.05, 0.1) is 24.8 Å². The zero-order chi connectivity index (χ0) is 30.1. The molecule has 1 saturated carbocycles. The molecule has 1 aliphatic rings. The predicted octanol–water partition coefficient (Wildman–Crippen LogP) is 5.77. The average Bonchev–Trinajstić information content (AvgIpc) is 3.66. The maximum absolute atomic E-state index is 15.0. The van der Waals surface area contributed by atoms with E-state index < -0.39 is 41.0 Å². The monoisotopic (exact) mass is 586 g/mol. The van der Waals surface area contributed by atoms with Gasteiger partial charge < -0.3 is 25.5 Å². The van der Waals surface area contributed by atoms with E-state index in [0.29, 0.717) is 28.6 Å². The highest BCUT2D eigenvalue weighted by Crippen LogP contribution is 2.46. The Kier molecular flexibility index (Phi) is 7.64. The van der Waals surface area contributed by atoms with Gasteiger partial charge in [0.25, 0.3) is 5.91 Å². The second kappa shape index (κ2) is 11.5. The van der Waals surface area contributed by atoms with Crippen molar-refractivity contribution in [3.05, 3.63) is 119 Å². The minimum atomic E-state index is -1.32. The maximum Gasteiger partial charge on any atom is 0.254 e. The van der Waals surface area contributed by atoms with E-state index in [1.54, 1.807) is 19.5 Å². The number of aromatic nitrogens is 2. The largest absolute Gasteiger partial charge is 0.497 e. The van der Waals surface area contributed by atoms with Crippen molar-refractivity contribution in [2.24, 2.45) is 0 Å². The minimum Gasteiger partial charge on any atom is -0.497 e. The van der Waals surface area contributed by atoms with Gasteiger partial charge in [0.1, 0.15) is 28.8 Å². The van der Waals surface area contributed by atoms with Crippen molar-refractivity contribution in [3.63, 3.8) is 0 Å². The van der Waals surface area contributed by atoms with Crippen molar-refractivity contribution in [2.75, 3.05) is 13.7 Å². The van der Waals surface area contributed by atoms with Crippen LogP contribution < -0.4 is 15.4 Å². The number of H-pyrrole nitrogens is 1. The fraction of sp³-hybridized carbons (Fsp3) is 0.212. The Morgan fingerprint density at radius 1 is 1.02 bits per heavy atom. The molecule has 2 aromatic heterocycles. The van der Waals surface area contributed by atoms with Crippen molar-refractivity contribution in [1.29, 1.82) is 0 Å². The van der Waals surface area contributed by atoms with Crippen LogP contribution in [0.3, 0.4) is 0 Å². The van der Waals surface area contributed by atoms with Crippen molar-refractivity contribution in [1.82, 2.24) is 20.6 Å². The Bertz CT molecular complexity index is 1780. The number of rotatable bonds is 10. The lowest BCUT2D eigenvalue weighted by molar-refractivity contribution is 0.0816. The molecule has 3 aromatic carbocycles. The zero-order valence-corrected chi connectivity index (χ0v) is 23.2. The highest BCUT2D eigenvalue weighted by Gasteiger charge is 2.44. The number of benzene rings is 3. The van der Waals surface area contributed by atoms with Gasteiger partial charge in [-0.15, -0.1) is 0 Å². The van der Waals surface area contributed by atoms with Crippen LogP contribution in [0, 0.1) is 17.5 Å². The molecule has 0 aliphatic heterocycles. The molecule has 4 N–H and O–H groups in total. The van der Waals surface area contributed by atoms with Gasteiger partial charge in [0.2, 0.25) is 0 Å². The number of ether oxygens (including phenoxy) is 1. The zero-order valence-electron chi connectivity index (χ0n) is 23.2. The highest BCUT2D eigenvalue weighted by molar-refractivity contribution is 5.96. The molecule has 2 heterocycles. The number of hydrogen-bond acceptors (Lipinski definition) is 5. The molecule has 43 heavy (non-hydrogen) atoms. The summed E-state index contributed by atoms with van der Waals surface area (Å²) in [5.74, 6) is -2.68. The van der Waals surface area contributed by atoms with Crippen molar-refractivity contribution in [3.8, 4) is 16.9 Å². The molecular formula is C33H29F3N4O3. The summed E-state index contributed by atoms with van der Waals surface area (Å²) >= 11 is 0. The van der Waals surface area contributed by atoms with Crippen LogP contribution in [0.2, 0.25) is 0 Å². The number of amides is 1. The van der Waals surface area contributed by atoms with Gasteiger partial charge in [-0.05, 0) is 78.1 Å². The van der Waals surface area contributed by atoms with Crippen LogP contribution in [-0.2, 0) is 5.54 Å². The molecule has 1 fully saturated rings. The predicted molar refractivity (Wildman–Crippen MR) is 156 cm³/mol. The summed E-state index contributed by atoms with van der Waals surface area (Å²) in [5, 5.41) is 18.1. The van der Waals surface area contributed by atoms with Crippen LogP contribution >= 0.6 is 0 Å². The number of carbonyl (C=O) groups is 1. The van der Waals surface area contributed by atoms with Gasteiger partial charge >= 0.3 is 0 Å². The summed E-state index contributed by atoms with van der Waals surface area (Å²) in [4.78, 5) is 20.8. The lowest BCUT2D eigenvalue weighted by atomic mass is 9.98. The number of carbonyl (C=O) groups excluding carboxylic acids is 1. The summed E-state index contributed by atoms with van der Waals surface area (Å²) in [5.41, 5.74) is 2.19. The number of methoxy groups -OCH3 is 1. The summed E-state index contributed by atoms with van der Waals surface area (Å²) in [7, 11) is 1.58. The second-order valence-corrected chi connectivity index (χ2v) is 10.8. The number of aliphatic hydroxyl groups excluding tert-OH is 1. The van der Waals surface area contributed by atoms with E-state index in [-0.39, 0.29) is 17.7 Å². The molecule has 0 bridgehead atoms. The first-order valence-corrected chi connectivity index (χ1v) is 13.8. The molecule has 0 unspecified atom stereocenters. The van der Waals surface area contributed by atoms with E-state index in [1.165, 1.54) is 18.2 Å². The third-order valence-electron chi connectivity index (χ3n) is 7.88. The minimum absolute atomic E-state index is 0.00468. The molecule has 0 radical (unpaired) electrons. The Morgan fingerprint density at radius 3 is 2.56 bits per heavy atom. The Labute approximate surface area is 245 Å². The van der Waals surface area contributed by atoms with E-state index in [2.05, 4.69) is 20.6 Å². The molecule has 1 aliphatic carbocycles. The van der Waals surface area contributed by atoms with Crippen molar-refractivity contribution in [2.45, 2.75) is 30.5 Å². The third kappa shape index (κ3) is 5.97. The van der Waals surface area contributed by atoms with Crippen LogP contribution in [0.1, 0.15) is 40.4 Å². The number of nitrogens with one attached hydrogen (secondary N) is 3. The summed E-state index contributed by atoms with van der Waals surface area (Å²) in [6, 6.07) is 16.9. The van der Waals surface area contributed by atoms with Gasteiger partial charge in [0.15, 0.2) is 0 Å². The summed E-state index contributed by atoms with van der Waals surface area (Å²) in [6.07, 6.45) is 3.65. The Hall–Kier alpha value is -4.67. The van der Waals surface area contributed by atoms with E-state index in [1.807, 2.05) is 36.4 Å². The Morgan fingerprint density at radius 2 is 1.81 bits per heavy atom. The summed E-state index contributed by atoms with van der Waals surface area (Å²) < 4.78 is 48.8. The van der Waals surface area contributed by atoms with Crippen LogP contribution in [0.4, 0.5) is 13.2 Å². The molecule has 0 saturated heterocycles. The number of aliphatic hydroxyl groups is 1. The number of nitrogens with zero attached hydrogens (tertiary/aromatic N) is 1. The lowest BCUT2D eigenvalue weighted by Crippen LogP contribution is -2.44. The molecular weight excluding hydrogens is 557 g/mol. The van der Waals surface area contributed by atoms with E-state index >= 15 is 0 Å². The van der Waals surface area contributed by atoms with Crippen LogP contribution in [0.15, 0.2) is 85.2 Å². The van der Waals surface area contributed by atoms with Crippen molar-refractivity contribution >= 4 is 16.9 Å². The van der Waals surface area contributed by atoms with Gasteiger partial charge in [-0.2, -0.15) is 0 Å². The van der Waals surface area contributed by atoms with Gasteiger partial charge in [0, 0.05) is 41.5 Å². The van der Waals surface area contributed by atoms with Crippen LogP contribution in [-0.4, -0.2) is 40.7 Å². The quantitative estimate of drug-likeness (QED) is 0.167. The van der Waals surface area contributed by atoms with Gasteiger partial charge in [-0.1, -0.05) is 18.2 Å². The van der Waals surface area contributed by atoms with Crippen LogP contribution in [0.5, 0.6) is 5.75 Å². The highest BCUT2D eigenvalue weighted by atomic mass is 19.1. The number of pyridine rings is 1. The number of fused-ring (bicyclic) bond motifs is 1. The SMILES string of the molecule is COc1cccc(C2(NC[C@@H](O)[C@@H](NC(=O)c3cc(-c4cnc5[nH]ccc5c4)ccc3F)c3cc(F)cc(F)c3)CC2)c1. The van der Waals surface area contributed by atoms with Gasteiger partial charge in [-0.25, -0.2) is 18.2 Å². The number of hydrogen-bond donors (Lipinski definition) is 4. The van der Waals surface area contributed by atoms with Crippen LogP contribution in [0.25, 0.3) is 22.2 Å². The molecule has 6 rings (SSSR count). The topological polar surface area (TPSA) is 99.3 Å². The first kappa shape index (κ1) is 28.4. The maximum atomic E-state index is 15.0.